The molecule has 3 N–H and O–H groups in total. The molecule has 1 aliphatic rings. The number of piperidine rings is 1. The number of oxime groups is 1. The van der Waals surface area contributed by atoms with E-state index in [1.807, 2.05) is 0 Å². The zero-order valence-electron chi connectivity index (χ0n) is 11.5. The van der Waals surface area contributed by atoms with Gasteiger partial charge in [0.05, 0.1) is 13.2 Å². The number of methoxy groups -OCH3 is 1. The largest absolute Gasteiger partial charge is 0.497 e. The van der Waals surface area contributed by atoms with Crippen LogP contribution in [-0.4, -0.2) is 41.5 Å². The van der Waals surface area contributed by atoms with Crippen molar-refractivity contribution in [1.29, 1.82) is 0 Å². The number of hydrogen-bond acceptors (Lipinski definition) is 4. The lowest BCUT2D eigenvalue weighted by molar-refractivity contribution is 0.0676. The zero-order chi connectivity index (χ0) is 14.5. The maximum absolute atomic E-state index is 12.6. The summed E-state index contributed by atoms with van der Waals surface area (Å²) in [6.07, 6.45) is 2.60. The maximum atomic E-state index is 12.6. The number of carbonyl (C=O) groups is 1. The summed E-state index contributed by atoms with van der Waals surface area (Å²) in [5.74, 6) is 0.592. The quantitative estimate of drug-likeness (QED) is 0.379. The Morgan fingerprint density at radius 1 is 1.50 bits per heavy atom. The molecule has 20 heavy (non-hydrogen) atoms. The minimum absolute atomic E-state index is 0.0842. The van der Waals surface area contributed by atoms with Crippen LogP contribution in [0.4, 0.5) is 0 Å². The first-order chi connectivity index (χ1) is 9.67. The molecule has 6 heteroatoms. The van der Waals surface area contributed by atoms with E-state index in [1.54, 1.807) is 36.3 Å². The summed E-state index contributed by atoms with van der Waals surface area (Å²) in [5.41, 5.74) is 6.23. The van der Waals surface area contributed by atoms with Crippen LogP contribution in [0.1, 0.15) is 29.6 Å². The number of rotatable bonds is 3. The molecule has 1 amide bonds. The van der Waals surface area contributed by atoms with Crippen LogP contribution in [0.2, 0.25) is 0 Å². The van der Waals surface area contributed by atoms with E-state index in [1.165, 1.54) is 0 Å². The number of likely N-dealkylation sites (tertiary alicyclic amines) is 1. The number of ether oxygens (including phenoxy) is 1. The molecule has 0 spiro atoms. The number of benzene rings is 1. The molecule has 1 aromatic carbocycles. The first kappa shape index (κ1) is 14.2. The summed E-state index contributed by atoms with van der Waals surface area (Å²) in [6, 6.07) is 6.65. The lowest BCUT2D eigenvalue weighted by atomic mass is 10.00. The minimum atomic E-state index is -0.340. The van der Waals surface area contributed by atoms with Crippen LogP contribution in [0.5, 0.6) is 5.75 Å². The Kier molecular flexibility index (Phi) is 4.45. The maximum Gasteiger partial charge on any atom is 0.254 e. The topological polar surface area (TPSA) is 88.2 Å². The van der Waals surface area contributed by atoms with Crippen molar-refractivity contribution < 1.29 is 14.7 Å². The molecule has 0 radical (unpaired) electrons. The van der Waals surface area contributed by atoms with Crippen LogP contribution >= 0.6 is 0 Å². The van der Waals surface area contributed by atoms with Crippen molar-refractivity contribution in [3.05, 3.63) is 29.8 Å². The van der Waals surface area contributed by atoms with Crippen molar-refractivity contribution in [1.82, 2.24) is 4.90 Å². The van der Waals surface area contributed by atoms with Gasteiger partial charge in [0.25, 0.3) is 5.91 Å². The average molecular weight is 277 g/mol. The highest BCUT2D eigenvalue weighted by Crippen LogP contribution is 2.21. The highest BCUT2D eigenvalue weighted by Gasteiger charge is 2.30. The first-order valence-corrected chi connectivity index (χ1v) is 6.60. The van der Waals surface area contributed by atoms with Gasteiger partial charge in [0.2, 0.25) is 0 Å². The minimum Gasteiger partial charge on any atom is -0.497 e. The van der Waals surface area contributed by atoms with Gasteiger partial charge in [0.15, 0.2) is 5.84 Å². The van der Waals surface area contributed by atoms with Crippen molar-refractivity contribution in [2.24, 2.45) is 10.9 Å². The predicted molar refractivity (Wildman–Crippen MR) is 75.1 cm³/mol. The van der Waals surface area contributed by atoms with Crippen LogP contribution in [0.15, 0.2) is 29.4 Å². The third-order valence-corrected chi connectivity index (χ3v) is 3.54. The van der Waals surface area contributed by atoms with E-state index in [-0.39, 0.29) is 17.8 Å². The summed E-state index contributed by atoms with van der Waals surface area (Å²) in [5, 5.41) is 11.9. The molecule has 0 saturated carbocycles. The first-order valence-electron chi connectivity index (χ1n) is 6.60. The van der Waals surface area contributed by atoms with Gasteiger partial charge in [0, 0.05) is 12.1 Å². The van der Waals surface area contributed by atoms with E-state index in [4.69, 9.17) is 15.7 Å². The second kappa shape index (κ2) is 6.27. The number of amidine groups is 1. The highest BCUT2D eigenvalue weighted by molar-refractivity contribution is 5.98. The normalized spacial score (nSPS) is 19.8. The number of amides is 1. The van der Waals surface area contributed by atoms with Crippen LogP contribution in [0.25, 0.3) is 0 Å². The van der Waals surface area contributed by atoms with E-state index in [2.05, 4.69) is 5.16 Å². The van der Waals surface area contributed by atoms with Gasteiger partial charge in [-0.3, -0.25) is 4.79 Å². The average Bonchev–Trinajstić information content (AvgIpc) is 2.53. The monoisotopic (exact) mass is 277 g/mol. The zero-order valence-corrected chi connectivity index (χ0v) is 11.5. The standard InChI is InChI=1S/C14H19N3O3/c1-20-11-6-4-5-10(9-11)14(18)17-8-3-2-7-12(17)13(15)16-19/h4-6,9,12,19H,2-3,7-8H2,1H3,(H2,15,16). The fourth-order valence-electron chi connectivity index (χ4n) is 2.47. The van der Waals surface area contributed by atoms with Crippen LogP contribution in [0, 0.1) is 0 Å². The van der Waals surface area contributed by atoms with Crippen molar-refractivity contribution in [2.75, 3.05) is 13.7 Å². The van der Waals surface area contributed by atoms with Crippen molar-refractivity contribution >= 4 is 11.7 Å². The summed E-state index contributed by atoms with van der Waals surface area (Å²) in [4.78, 5) is 14.2. The van der Waals surface area contributed by atoms with E-state index >= 15 is 0 Å². The van der Waals surface area contributed by atoms with Gasteiger partial charge in [-0.25, -0.2) is 0 Å². The molecule has 1 atom stereocenters. The second-order valence-corrected chi connectivity index (χ2v) is 4.77. The van der Waals surface area contributed by atoms with Gasteiger partial charge < -0.3 is 20.6 Å². The summed E-state index contributed by atoms with van der Waals surface area (Å²) >= 11 is 0. The van der Waals surface area contributed by atoms with Crippen molar-refractivity contribution in [3.63, 3.8) is 0 Å². The van der Waals surface area contributed by atoms with Gasteiger partial charge >= 0.3 is 0 Å². The van der Waals surface area contributed by atoms with E-state index in [9.17, 15) is 4.79 Å². The Bertz CT molecular complexity index is 516. The van der Waals surface area contributed by atoms with Crippen molar-refractivity contribution in [3.8, 4) is 5.75 Å². The molecule has 2 rings (SSSR count). The number of nitrogens with zero attached hydrogens (tertiary/aromatic N) is 2. The van der Waals surface area contributed by atoms with Crippen LogP contribution in [0.3, 0.4) is 0 Å². The Morgan fingerprint density at radius 3 is 3.00 bits per heavy atom. The van der Waals surface area contributed by atoms with Crippen LogP contribution < -0.4 is 10.5 Å². The fraction of sp³-hybridized carbons (Fsp3) is 0.429. The third-order valence-electron chi connectivity index (χ3n) is 3.54. The van der Waals surface area contributed by atoms with Gasteiger partial charge in [-0.05, 0) is 37.5 Å². The number of hydrogen-bond donors (Lipinski definition) is 2. The molecule has 1 aromatic rings. The Balaban J connectivity index is 2.25. The molecular formula is C14H19N3O3. The Hall–Kier alpha value is -2.24. The molecular weight excluding hydrogens is 258 g/mol. The second-order valence-electron chi connectivity index (χ2n) is 4.77. The highest BCUT2D eigenvalue weighted by atomic mass is 16.5. The molecule has 1 unspecified atom stereocenters. The SMILES string of the molecule is COc1cccc(C(=O)N2CCCCC2C(N)=NO)c1. The van der Waals surface area contributed by atoms with E-state index in [0.29, 0.717) is 24.3 Å². The molecule has 0 aliphatic carbocycles. The molecule has 1 saturated heterocycles. The molecule has 1 heterocycles. The number of carbonyl (C=O) groups excluding carboxylic acids is 1. The van der Waals surface area contributed by atoms with Gasteiger partial charge in [-0.15, -0.1) is 0 Å². The lowest BCUT2D eigenvalue weighted by Gasteiger charge is -2.34. The van der Waals surface area contributed by atoms with Gasteiger partial charge in [-0.1, -0.05) is 11.2 Å². The molecule has 0 aromatic heterocycles. The van der Waals surface area contributed by atoms with Crippen LogP contribution in [-0.2, 0) is 0 Å². The van der Waals surface area contributed by atoms with E-state index < -0.39 is 0 Å². The Labute approximate surface area is 117 Å². The molecule has 108 valence electrons. The third kappa shape index (κ3) is 2.84. The lowest BCUT2D eigenvalue weighted by Crippen LogP contribution is -2.50. The van der Waals surface area contributed by atoms with Gasteiger partial charge in [0.1, 0.15) is 5.75 Å². The molecule has 1 fully saturated rings. The van der Waals surface area contributed by atoms with E-state index in [0.717, 1.165) is 12.8 Å². The summed E-state index contributed by atoms with van der Waals surface area (Å²) in [7, 11) is 1.56. The predicted octanol–water partition coefficient (Wildman–Crippen LogP) is 1.44. The molecule has 1 aliphatic heterocycles. The number of nitrogens with two attached hydrogens (primary N) is 1. The fourth-order valence-corrected chi connectivity index (χ4v) is 2.47. The van der Waals surface area contributed by atoms with Gasteiger partial charge in [-0.2, -0.15) is 0 Å². The smallest absolute Gasteiger partial charge is 0.254 e. The summed E-state index contributed by atoms with van der Waals surface area (Å²) in [6.45, 7) is 0.608. The molecule has 0 bridgehead atoms. The Morgan fingerprint density at radius 2 is 2.30 bits per heavy atom. The summed E-state index contributed by atoms with van der Waals surface area (Å²) < 4.78 is 5.13. The molecule has 6 nitrogen and oxygen atoms in total. The van der Waals surface area contributed by atoms with Crippen molar-refractivity contribution in [2.45, 2.75) is 25.3 Å².